The molecule has 1 unspecified atom stereocenters. The van der Waals surface area contributed by atoms with E-state index in [2.05, 4.69) is 51.0 Å². The van der Waals surface area contributed by atoms with Crippen molar-refractivity contribution in [2.24, 2.45) is 0 Å². The van der Waals surface area contributed by atoms with Crippen molar-refractivity contribution in [2.75, 3.05) is 6.54 Å². The summed E-state index contributed by atoms with van der Waals surface area (Å²) in [6.45, 7) is 2.93. The molecule has 0 aliphatic carbocycles. The maximum atomic E-state index is 6.32. The monoisotopic (exact) mass is 371 g/mol. The molecule has 0 radical (unpaired) electrons. The summed E-state index contributed by atoms with van der Waals surface area (Å²) < 4.78 is 2.35. The molecule has 25 heavy (non-hydrogen) atoms. The number of pyridine rings is 1. The van der Waals surface area contributed by atoms with Crippen molar-refractivity contribution in [2.45, 2.75) is 25.6 Å². The van der Waals surface area contributed by atoms with Crippen LogP contribution >= 0.6 is 23.2 Å². The van der Waals surface area contributed by atoms with Crippen molar-refractivity contribution in [3.8, 4) is 0 Å². The van der Waals surface area contributed by atoms with Gasteiger partial charge in [0.1, 0.15) is 0 Å². The molecular weight excluding hydrogens is 353 g/mol. The summed E-state index contributed by atoms with van der Waals surface area (Å²) >= 11 is 12.5. The van der Waals surface area contributed by atoms with Crippen LogP contribution in [0.15, 0.2) is 61.1 Å². The Balaban J connectivity index is 1.76. The van der Waals surface area contributed by atoms with Crippen molar-refractivity contribution >= 4 is 23.2 Å². The third-order valence-corrected chi connectivity index (χ3v) is 5.49. The zero-order valence-corrected chi connectivity index (χ0v) is 15.3. The maximum absolute atomic E-state index is 6.32. The fourth-order valence-electron chi connectivity index (χ4n) is 3.60. The number of aromatic nitrogens is 2. The van der Waals surface area contributed by atoms with E-state index in [-0.39, 0.29) is 6.04 Å². The van der Waals surface area contributed by atoms with Crippen LogP contribution < -0.4 is 0 Å². The predicted octanol–water partition coefficient (Wildman–Crippen LogP) is 5.19. The Kier molecular flexibility index (Phi) is 4.80. The SMILES string of the molecule is Clc1ccc(C2c3cccn3CCCN2Cc2ccncc2)cc1Cl. The van der Waals surface area contributed by atoms with E-state index >= 15 is 0 Å². The molecule has 1 aliphatic rings. The molecule has 0 fully saturated rings. The average molecular weight is 372 g/mol. The van der Waals surface area contributed by atoms with Crippen LogP contribution in [-0.4, -0.2) is 21.0 Å². The topological polar surface area (TPSA) is 21.1 Å². The van der Waals surface area contributed by atoms with E-state index in [1.807, 2.05) is 24.5 Å². The fourth-order valence-corrected chi connectivity index (χ4v) is 3.90. The number of benzene rings is 1. The molecule has 0 saturated heterocycles. The second-order valence-corrected chi connectivity index (χ2v) is 7.20. The highest BCUT2D eigenvalue weighted by Crippen LogP contribution is 2.35. The Bertz CT molecular complexity index is 860. The van der Waals surface area contributed by atoms with Crippen LogP contribution in [0.25, 0.3) is 0 Å². The summed E-state index contributed by atoms with van der Waals surface area (Å²) in [7, 11) is 0. The first-order chi connectivity index (χ1) is 12.2. The first-order valence-corrected chi connectivity index (χ1v) is 9.21. The minimum absolute atomic E-state index is 0.153. The van der Waals surface area contributed by atoms with E-state index in [9.17, 15) is 0 Å². The Morgan fingerprint density at radius 2 is 1.84 bits per heavy atom. The van der Waals surface area contributed by atoms with Crippen molar-refractivity contribution in [3.63, 3.8) is 0 Å². The van der Waals surface area contributed by atoms with Crippen molar-refractivity contribution in [1.29, 1.82) is 0 Å². The summed E-state index contributed by atoms with van der Waals surface area (Å²) in [6.07, 6.45) is 6.98. The smallest absolute Gasteiger partial charge is 0.0759 e. The van der Waals surface area contributed by atoms with E-state index in [4.69, 9.17) is 23.2 Å². The van der Waals surface area contributed by atoms with Gasteiger partial charge in [0.2, 0.25) is 0 Å². The highest BCUT2D eigenvalue weighted by molar-refractivity contribution is 6.42. The van der Waals surface area contributed by atoms with Crippen molar-refractivity contribution < 1.29 is 0 Å². The van der Waals surface area contributed by atoms with Crippen molar-refractivity contribution in [3.05, 3.63) is 87.9 Å². The van der Waals surface area contributed by atoms with Gasteiger partial charge in [-0.3, -0.25) is 9.88 Å². The summed E-state index contributed by atoms with van der Waals surface area (Å²) in [5.41, 5.74) is 3.73. The Morgan fingerprint density at radius 1 is 1.00 bits per heavy atom. The van der Waals surface area contributed by atoms with Gasteiger partial charge in [-0.25, -0.2) is 0 Å². The molecule has 0 N–H and O–H groups in total. The number of nitrogens with zero attached hydrogens (tertiary/aromatic N) is 3. The van der Waals surface area contributed by atoms with Gasteiger partial charge in [-0.2, -0.15) is 0 Å². The lowest BCUT2D eigenvalue weighted by Gasteiger charge is -2.31. The van der Waals surface area contributed by atoms with Crippen LogP contribution in [0.4, 0.5) is 0 Å². The summed E-state index contributed by atoms with van der Waals surface area (Å²) in [6, 6.07) is 14.6. The normalized spacial score (nSPS) is 17.9. The summed E-state index contributed by atoms with van der Waals surface area (Å²) in [5.74, 6) is 0. The molecule has 4 rings (SSSR count). The minimum Gasteiger partial charge on any atom is -0.350 e. The summed E-state index contributed by atoms with van der Waals surface area (Å²) in [5, 5.41) is 1.19. The van der Waals surface area contributed by atoms with E-state index in [1.165, 1.54) is 16.8 Å². The van der Waals surface area contributed by atoms with Gasteiger partial charge < -0.3 is 4.57 Å². The van der Waals surface area contributed by atoms with E-state index < -0.39 is 0 Å². The lowest BCUT2D eigenvalue weighted by atomic mass is 10.0. The molecule has 3 nitrogen and oxygen atoms in total. The molecule has 0 bridgehead atoms. The molecule has 128 valence electrons. The van der Waals surface area contributed by atoms with Gasteiger partial charge in [-0.05, 0) is 53.9 Å². The molecule has 0 amide bonds. The third kappa shape index (κ3) is 3.45. The van der Waals surface area contributed by atoms with E-state index in [0.29, 0.717) is 10.0 Å². The zero-order valence-electron chi connectivity index (χ0n) is 13.8. The predicted molar refractivity (Wildman–Crippen MR) is 102 cm³/mol. The molecule has 5 heteroatoms. The molecule has 3 aromatic rings. The van der Waals surface area contributed by atoms with E-state index in [0.717, 1.165) is 26.1 Å². The highest BCUT2D eigenvalue weighted by atomic mass is 35.5. The Labute approximate surface area is 157 Å². The molecule has 3 heterocycles. The lowest BCUT2D eigenvalue weighted by molar-refractivity contribution is 0.220. The zero-order chi connectivity index (χ0) is 17.2. The molecule has 1 atom stereocenters. The largest absolute Gasteiger partial charge is 0.350 e. The number of halogens is 2. The molecule has 2 aromatic heterocycles. The number of aryl methyl sites for hydroxylation is 1. The average Bonchev–Trinajstić information content (AvgIpc) is 3.00. The highest BCUT2D eigenvalue weighted by Gasteiger charge is 2.27. The molecule has 0 saturated carbocycles. The van der Waals surface area contributed by atoms with Gasteiger partial charge in [0.25, 0.3) is 0 Å². The number of hydrogen-bond acceptors (Lipinski definition) is 2. The van der Waals surface area contributed by atoms with Crippen LogP contribution in [0.1, 0.15) is 29.3 Å². The Morgan fingerprint density at radius 3 is 2.64 bits per heavy atom. The Hall–Kier alpha value is -1.81. The van der Waals surface area contributed by atoms with E-state index in [1.54, 1.807) is 0 Å². The van der Waals surface area contributed by atoms with Gasteiger partial charge in [-0.15, -0.1) is 0 Å². The summed E-state index contributed by atoms with van der Waals surface area (Å²) in [4.78, 5) is 6.64. The van der Waals surface area contributed by atoms with Gasteiger partial charge in [0.15, 0.2) is 0 Å². The van der Waals surface area contributed by atoms with Crippen LogP contribution in [0.3, 0.4) is 0 Å². The fraction of sp³-hybridized carbons (Fsp3) is 0.250. The lowest BCUT2D eigenvalue weighted by Crippen LogP contribution is -2.29. The number of rotatable bonds is 3. The van der Waals surface area contributed by atoms with Gasteiger partial charge in [0, 0.05) is 43.9 Å². The van der Waals surface area contributed by atoms with Gasteiger partial charge in [-0.1, -0.05) is 29.3 Å². The van der Waals surface area contributed by atoms with Crippen molar-refractivity contribution in [1.82, 2.24) is 14.5 Å². The van der Waals surface area contributed by atoms with Crippen LogP contribution in [0.5, 0.6) is 0 Å². The van der Waals surface area contributed by atoms with Gasteiger partial charge in [0.05, 0.1) is 16.1 Å². The minimum atomic E-state index is 0.153. The first kappa shape index (κ1) is 16.6. The van der Waals surface area contributed by atoms with Crippen LogP contribution in [0.2, 0.25) is 10.0 Å². The molecule has 0 spiro atoms. The quantitative estimate of drug-likeness (QED) is 0.631. The van der Waals surface area contributed by atoms with Crippen LogP contribution in [0, 0.1) is 0 Å². The van der Waals surface area contributed by atoms with Gasteiger partial charge >= 0.3 is 0 Å². The number of fused-ring (bicyclic) bond motifs is 1. The maximum Gasteiger partial charge on any atom is 0.0759 e. The molecule has 1 aromatic carbocycles. The van der Waals surface area contributed by atoms with Crippen LogP contribution in [-0.2, 0) is 13.1 Å². The first-order valence-electron chi connectivity index (χ1n) is 8.45. The third-order valence-electron chi connectivity index (χ3n) is 4.75. The second-order valence-electron chi connectivity index (χ2n) is 6.38. The number of hydrogen-bond donors (Lipinski definition) is 0. The standard InChI is InChI=1S/C20H19Cl2N3/c21-17-5-4-16(13-18(17)22)20-19-3-1-10-24(19)11-2-12-25(20)14-15-6-8-23-9-7-15/h1,3-10,13,20H,2,11-12,14H2. The second kappa shape index (κ2) is 7.20. The molecular formula is C20H19Cl2N3. The molecule has 1 aliphatic heterocycles.